The lowest BCUT2D eigenvalue weighted by atomic mass is 9.98. The number of nitrogens with zero attached hydrogens (tertiary/aromatic N) is 1. The molecule has 1 unspecified atom stereocenters. The molecular weight excluding hydrogens is 252 g/mol. The molecule has 1 aliphatic rings. The number of ether oxygens (including phenoxy) is 1. The lowest BCUT2D eigenvalue weighted by Gasteiger charge is -2.27. The summed E-state index contributed by atoms with van der Waals surface area (Å²) in [4.78, 5) is 14.2. The minimum absolute atomic E-state index is 0.132. The molecule has 1 N–H and O–H groups in total. The highest BCUT2D eigenvalue weighted by Crippen LogP contribution is 2.20. The van der Waals surface area contributed by atoms with Crippen LogP contribution in [0.25, 0.3) is 0 Å². The highest BCUT2D eigenvalue weighted by molar-refractivity contribution is 5.78. The minimum Gasteiger partial charge on any atom is -0.496 e. The SMILES string of the molecule is COc1ccc(CN(C)C(=O)C2CCCNC2)cc1C. The van der Waals surface area contributed by atoms with Crippen molar-refractivity contribution in [1.82, 2.24) is 10.2 Å². The molecule has 0 radical (unpaired) electrons. The Labute approximate surface area is 121 Å². The van der Waals surface area contributed by atoms with Crippen molar-refractivity contribution in [2.24, 2.45) is 5.92 Å². The predicted octanol–water partition coefficient (Wildman–Crippen LogP) is 1.96. The van der Waals surface area contributed by atoms with Crippen LogP contribution in [-0.4, -0.2) is 38.1 Å². The summed E-state index contributed by atoms with van der Waals surface area (Å²) in [5.41, 5.74) is 2.24. The van der Waals surface area contributed by atoms with Crippen LogP contribution in [0.3, 0.4) is 0 Å². The normalized spacial score (nSPS) is 18.6. The first-order valence-corrected chi connectivity index (χ1v) is 7.21. The van der Waals surface area contributed by atoms with Gasteiger partial charge in [0.25, 0.3) is 0 Å². The van der Waals surface area contributed by atoms with Gasteiger partial charge >= 0.3 is 0 Å². The average molecular weight is 276 g/mol. The van der Waals surface area contributed by atoms with E-state index in [4.69, 9.17) is 4.74 Å². The summed E-state index contributed by atoms with van der Waals surface area (Å²) >= 11 is 0. The summed E-state index contributed by atoms with van der Waals surface area (Å²) in [6.45, 7) is 4.52. The first kappa shape index (κ1) is 14.9. The second kappa shape index (κ2) is 6.75. The number of carbonyl (C=O) groups excluding carboxylic acids is 1. The van der Waals surface area contributed by atoms with Gasteiger partial charge in [0.15, 0.2) is 0 Å². The summed E-state index contributed by atoms with van der Waals surface area (Å²) in [6, 6.07) is 6.07. The van der Waals surface area contributed by atoms with Gasteiger partial charge in [-0.1, -0.05) is 12.1 Å². The summed E-state index contributed by atoms with van der Waals surface area (Å²) in [5, 5.41) is 3.29. The molecule has 4 heteroatoms. The molecule has 0 spiro atoms. The number of aryl methyl sites for hydroxylation is 1. The van der Waals surface area contributed by atoms with E-state index in [-0.39, 0.29) is 11.8 Å². The first-order valence-electron chi connectivity index (χ1n) is 7.21. The van der Waals surface area contributed by atoms with Gasteiger partial charge in [-0.2, -0.15) is 0 Å². The number of benzene rings is 1. The molecule has 0 aliphatic carbocycles. The summed E-state index contributed by atoms with van der Waals surface area (Å²) < 4.78 is 5.26. The van der Waals surface area contributed by atoms with E-state index >= 15 is 0 Å². The van der Waals surface area contributed by atoms with Crippen LogP contribution in [0.1, 0.15) is 24.0 Å². The molecule has 1 heterocycles. The van der Waals surface area contributed by atoms with E-state index < -0.39 is 0 Å². The van der Waals surface area contributed by atoms with Gasteiger partial charge in [-0.25, -0.2) is 0 Å². The van der Waals surface area contributed by atoms with Crippen molar-refractivity contribution in [1.29, 1.82) is 0 Å². The molecule has 1 fully saturated rings. The summed E-state index contributed by atoms with van der Waals surface area (Å²) in [7, 11) is 3.56. The number of hydrogen-bond donors (Lipinski definition) is 1. The summed E-state index contributed by atoms with van der Waals surface area (Å²) in [6.07, 6.45) is 2.09. The van der Waals surface area contributed by atoms with E-state index in [1.54, 1.807) is 7.11 Å². The molecule has 1 aromatic carbocycles. The zero-order valence-corrected chi connectivity index (χ0v) is 12.6. The molecule has 1 atom stereocenters. The van der Waals surface area contributed by atoms with Gasteiger partial charge in [0.05, 0.1) is 13.0 Å². The van der Waals surface area contributed by atoms with Gasteiger partial charge in [0, 0.05) is 20.1 Å². The third-order valence-electron chi connectivity index (χ3n) is 3.90. The molecule has 1 amide bonds. The monoisotopic (exact) mass is 276 g/mol. The van der Waals surface area contributed by atoms with E-state index in [2.05, 4.69) is 11.4 Å². The predicted molar refractivity (Wildman–Crippen MR) is 79.8 cm³/mol. The molecule has 0 aromatic heterocycles. The van der Waals surface area contributed by atoms with Crippen molar-refractivity contribution in [3.8, 4) is 5.75 Å². The van der Waals surface area contributed by atoms with Crippen molar-refractivity contribution >= 4 is 5.91 Å². The van der Waals surface area contributed by atoms with E-state index in [1.807, 2.05) is 31.0 Å². The zero-order chi connectivity index (χ0) is 14.5. The van der Waals surface area contributed by atoms with Crippen LogP contribution in [0.4, 0.5) is 0 Å². The number of nitrogens with one attached hydrogen (secondary N) is 1. The molecule has 20 heavy (non-hydrogen) atoms. The van der Waals surface area contributed by atoms with Crippen LogP contribution in [0.2, 0.25) is 0 Å². The lowest BCUT2D eigenvalue weighted by molar-refractivity contribution is -0.135. The van der Waals surface area contributed by atoms with E-state index in [1.165, 1.54) is 0 Å². The first-order chi connectivity index (χ1) is 9.61. The van der Waals surface area contributed by atoms with Crippen LogP contribution in [-0.2, 0) is 11.3 Å². The molecule has 1 aromatic rings. The number of carbonyl (C=O) groups is 1. The number of methoxy groups -OCH3 is 1. The molecule has 110 valence electrons. The van der Waals surface area contributed by atoms with Gasteiger partial charge in [-0.3, -0.25) is 4.79 Å². The number of hydrogen-bond acceptors (Lipinski definition) is 3. The fraction of sp³-hybridized carbons (Fsp3) is 0.562. The highest BCUT2D eigenvalue weighted by atomic mass is 16.5. The third kappa shape index (κ3) is 3.51. The van der Waals surface area contributed by atoms with Crippen LogP contribution in [0.5, 0.6) is 5.75 Å². The fourth-order valence-corrected chi connectivity index (χ4v) is 2.76. The van der Waals surface area contributed by atoms with Gasteiger partial charge in [-0.05, 0) is 43.5 Å². The minimum atomic E-state index is 0.132. The average Bonchev–Trinajstić information content (AvgIpc) is 2.47. The van der Waals surface area contributed by atoms with Crippen molar-refractivity contribution in [2.45, 2.75) is 26.3 Å². The second-order valence-corrected chi connectivity index (χ2v) is 5.54. The van der Waals surface area contributed by atoms with Crippen LogP contribution < -0.4 is 10.1 Å². The molecule has 4 nitrogen and oxygen atoms in total. The Morgan fingerprint density at radius 1 is 1.50 bits per heavy atom. The maximum absolute atomic E-state index is 12.4. The summed E-state index contributed by atoms with van der Waals surface area (Å²) in [5.74, 6) is 1.26. The van der Waals surface area contributed by atoms with Crippen LogP contribution >= 0.6 is 0 Å². The second-order valence-electron chi connectivity index (χ2n) is 5.54. The Kier molecular flexibility index (Phi) is 5.01. The van der Waals surface area contributed by atoms with Crippen molar-refractivity contribution < 1.29 is 9.53 Å². The maximum atomic E-state index is 12.4. The molecule has 2 rings (SSSR count). The van der Waals surface area contributed by atoms with Gasteiger partial charge in [-0.15, -0.1) is 0 Å². The van der Waals surface area contributed by atoms with Crippen LogP contribution in [0, 0.1) is 12.8 Å². The number of rotatable bonds is 4. The zero-order valence-electron chi connectivity index (χ0n) is 12.6. The fourth-order valence-electron chi connectivity index (χ4n) is 2.76. The van der Waals surface area contributed by atoms with E-state index in [9.17, 15) is 4.79 Å². The Morgan fingerprint density at radius 2 is 2.30 bits per heavy atom. The Hall–Kier alpha value is -1.55. The number of amides is 1. The smallest absolute Gasteiger partial charge is 0.227 e. The van der Waals surface area contributed by atoms with Gasteiger partial charge in [0.1, 0.15) is 5.75 Å². The largest absolute Gasteiger partial charge is 0.496 e. The Balaban J connectivity index is 1.98. The highest BCUT2D eigenvalue weighted by Gasteiger charge is 2.23. The van der Waals surface area contributed by atoms with Crippen LogP contribution in [0.15, 0.2) is 18.2 Å². The Morgan fingerprint density at radius 3 is 2.90 bits per heavy atom. The molecule has 0 saturated carbocycles. The van der Waals surface area contributed by atoms with Crippen molar-refractivity contribution in [3.05, 3.63) is 29.3 Å². The van der Waals surface area contributed by atoms with Gasteiger partial charge in [0.2, 0.25) is 5.91 Å². The maximum Gasteiger partial charge on any atom is 0.227 e. The topological polar surface area (TPSA) is 41.6 Å². The van der Waals surface area contributed by atoms with Gasteiger partial charge < -0.3 is 15.0 Å². The molecule has 0 bridgehead atoms. The molecular formula is C16H24N2O2. The molecule has 1 aliphatic heterocycles. The van der Waals surface area contributed by atoms with E-state index in [0.29, 0.717) is 6.54 Å². The lowest BCUT2D eigenvalue weighted by Crippen LogP contribution is -2.41. The Bertz CT molecular complexity index is 468. The third-order valence-corrected chi connectivity index (χ3v) is 3.90. The quantitative estimate of drug-likeness (QED) is 0.914. The van der Waals surface area contributed by atoms with Crippen molar-refractivity contribution in [3.63, 3.8) is 0 Å². The molecule has 1 saturated heterocycles. The standard InChI is InChI=1S/C16H24N2O2/c1-12-9-13(6-7-15(12)20-3)11-18(2)16(19)14-5-4-8-17-10-14/h6-7,9,14,17H,4-5,8,10-11H2,1-3H3. The number of piperidine rings is 1. The van der Waals surface area contributed by atoms with Crippen molar-refractivity contribution in [2.75, 3.05) is 27.2 Å². The van der Waals surface area contributed by atoms with E-state index in [0.717, 1.165) is 42.8 Å².